The van der Waals surface area contributed by atoms with Gasteiger partial charge in [0.25, 0.3) is 0 Å². The average Bonchev–Trinajstić information content (AvgIpc) is 2.39. The number of halogens is 1. The van der Waals surface area contributed by atoms with Crippen LogP contribution in [0.1, 0.15) is 42.9 Å². The first-order chi connectivity index (χ1) is 9.12. The summed E-state index contributed by atoms with van der Waals surface area (Å²) in [5, 5.41) is 0. The van der Waals surface area contributed by atoms with Gasteiger partial charge in [0.15, 0.2) is 0 Å². The first-order valence-corrected chi connectivity index (χ1v) is 8.95. The molecule has 0 aliphatic heterocycles. The topological polar surface area (TPSA) is 46.2 Å². The molecule has 0 radical (unpaired) electrons. The van der Waals surface area contributed by atoms with Crippen LogP contribution in [-0.2, 0) is 16.4 Å². The molecule has 1 N–H and O–H groups in total. The molecule has 0 aromatic heterocycles. The molecule has 1 atom stereocenters. The lowest BCUT2D eigenvalue weighted by atomic mass is 9.88. The molecule has 0 fully saturated rings. The van der Waals surface area contributed by atoms with Crippen LogP contribution in [0, 0.1) is 0 Å². The number of alkyl halides is 1. The van der Waals surface area contributed by atoms with Gasteiger partial charge in [-0.15, -0.1) is 11.6 Å². The minimum absolute atomic E-state index is 0.0639. The minimum atomic E-state index is -3.20. The third-order valence-electron chi connectivity index (χ3n) is 3.49. The molecule has 0 spiro atoms. The van der Waals surface area contributed by atoms with Crippen LogP contribution in [0.15, 0.2) is 24.3 Å². The van der Waals surface area contributed by atoms with Gasteiger partial charge in [0.2, 0.25) is 10.0 Å². The minimum Gasteiger partial charge on any atom is -0.212 e. The van der Waals surface area contributed by atoms with Crippen LogP contribution in [0.25, 0.3) is 0 Å². The van der Waals surface area contributed by atoms with Crippen LogP contribution in [0.3, 0.4) is 0 Å². The Balaban J connectivity index is 2.04. The molecule has 1 aromatic rings. The van der Waals surface area contributed by atoms with E-state index in [0.717, 1.165) is 31.2 Å². The first kappa shape index (κ1) is 14.8. The van der Waals surface area contributed by atoms with Gasteiger partial charge in [-0.1, -0.05) is 24.3 Å². The van der Waals surface area contributed by atoms with E-state index in [1.54, 1.807) is 0 Å². The molecule has 1 aliphatic rings. The van der Waals surface area contributed by atoms with Gasteiger partial charge < -0.3 is 0 Å². The van der Waals surface area contributed by atoms with E-state index < -0.39 is 10.0 Å². The van der Waals surface area contributed by atoms with Crippen molar-refractivity contribution < 1.29 is 8.42 Å². The SMILES string of the molecule is O=S(=O)(CCCCCl)NC1CCCc2ccccc21. The van der Waals surface area contributed by atoms with Crippen molar-refractivity contribution in [2.24, 2.45) is 0 Å². The quantitative estimate of drug-likeness (QED) is 0.648. The van der Waals surface area contributed by atoms with Crippen LogP contribution in [0.5, 0.6) is 0 Å². The van der Waals surface area contributed by atoms with E-state index in [0.29, 0.717) is 12.3 Å². The smallest absolute Gasteiger partial charge is 0.212 e. The first-order valence-electron chi connectivity index (χ1n) is 6.76. The lowest BCUT2D eigenvalue weighted by Crippen LogP contribution is -2.32. The fraction of sp³-hybridized carbons (Fsp3) is 0.571. The van der Waals surface area contributed by atoms with Gasteiger partial charge in [0.05, 0.1) is 5.75 Å². The Morgan fingerprint density at radius 2 is 2.05 bits per heavy atom. The number of nitrogens with one attached hydrogen (secondary N) is 1. The fourth-order valence-electron chi connectivity index (χ4n) is 2.54. The van der Waals surface area contributed by atoms with E-state index in [9.17, 15) is 8.42 Å². The number of rotatable bonds is 6. The third-order valence-corrected chi connectivity index (χ3v) is 5.22. The summed E-state index contributed by atoms with van der Waals surface area (Å²) in [5.41, 5.74) is 2.40. The summed E-state index contributed by atoms with van der Waals surface area (Å²) in [6.45, 7) is 0. The number of benzene rings is 1. The molecular formula is C14H20ClNO2S. The number of fused-ring (bicyclic) bond motifs is 1. The van der Waals surface area contributed by atoms with Crippen molar-refractivity contribution in [2.75, 3.05) is 11.6 Å². The van der Waals surface area contributed by atoms with Crippen LogP contribution in [0.2, 0.25) is 0 Å². The maximum Gasteiger partial charge on any atom is 0.212 e. The van der Waals surface area contributed by atoms with E-state index >= 15 is 0 Å². The van der Waals surface area contributed by atoms with Gasteiger partial charge in [-0.3, -0.25) is 0 Å². The summed E-state index contributed by atoms with van der Waals surface area (Å²) < 4.78 is 26.9. The predicted octanol–water partition coefficient (Wildman–Crippen LogP) is 3.00. The highest BCUT2D eigenvalue weighted by atomic mass is 35.5. The van der Waals surface area contributed by atoms with Crippen molar-refractivity contribution in [1.29, 1.82) is 0 Å². The molecule has 3 nitrogen and oxygen atoms in total. The van der Waals surface area contributed by atoms with Crippen molar-refractivity contribution in [3.05, 3.63) is 35.4 Å². The van der Waals surface area contributed by atoms with Crippen molar-refractivity contribution in [3.63, 3.8) is 0 Å². The third kappa shape index (κ3) is 4.20. The Bertz CT molecular complexity index is 516. The molecule has 5 heteroatoms. The molecule has 0 bridgehead atoms. The average molecular weight is 302 g/mol. The standard InChI is InChI=1S/C14H20ClNO2S/c15-10-3-4-11-19(17,18)16-14-9-5-7-12-6-1-2-8-13(12)14/h1-2,6,8,14,16H,3-5,7,9-11H2. The van der Waals surface area contributed by atoms with Gasteiger partial charge in [-0.05, 0) is 43.2 Å². The summed E-state index contributed by atoms with van der Waals surface area (Å²) in [7, 11) is -3.20. The maximum atomic E-state index is 12.0. The van der Waals surface area contributed by atoms with Gasteiger partial charge in [-0.2, -0.15) is 0 Å². The normalized spacial score (nSPS) is 19.1. The molecule has 19 heavy (non-hydrogen) atoms. The molecule has 0 saturated carbocycles. The number of aryl methyl sites for hydroxylation is 1. The largest absolute Gasteiger partial charge is 0.212 e. The van der Waals surface area contributed by atoms with Gasteiger partial charge in [-0.25, -0.2) is 13.1 Å². The highest BCUT2D eigenvalue weighted by molar-refractivity contribution is 7.89. The maximum absolute atomic E-state index is 12.0. The van der Waals surface area contributed by atoms with E-state index in [2.05, 4.69) is 10.8 Å². The molecule has 0 heterocycles. The summed E-state index contributed by atoms with van der Waals surface area (Å²) in [6.07, 6.45) is 4.31. The second kappa shape index (κ2) is 6.73. The van der Waals surface area contributed by atoms with Crippen LogP contribution in [0.4, 0.5) is 0 Å². The van der Waals surface area contributed by atoms with Crippen LogP contribution < -0.4 is 4.72 Å². The Hall–Kier alpha value is -0.580. The molecular weight excluding hydrogens is 282 g/mol. The second-order valence-corrected chi connectivity index (χ2v) is 7.23. The lowest BCUT2D eigenvalue weighted by molar-refractivity contribution is 0.506. The fourth-order valence-corrected chi connectivity index (χ4v) is 4.11. The van der Waals surface area contributed by atoms with Crippen molar-refractivity contribution >= 4 is 21.6 Å². The van der Waals surface area contributed by atoms with Crippen LogP contribution >= 0.6 is 11.6 Å². The summed E-state index contributed by atoms with van der Waals surface area (Å²) >= 11 is 5.57. The zero-order valence-electron chi connectivity index (χ0n) is 10.9. The predicted molar refractivity (Wildman–Crippen MR) is 79.0 cm³/mol. The van der Waals surface area contributed by atoms with E-state index in [1.807, 2.05) is 18.2 Å². The van der Waals surface area contributed by atoms with Gasteiger partial charge >= 0.3 is 0 Å². The van der Waals surface area contributed by atoms with E-state index in [-0.39, 0.29) is 11.8 Å². The molecule has 0 amide bonds. The summed E-state index contributed by atoms with van der Waals surface area (Å²) in [6, 6.07) is 8.03. The summed E-state index contributed by atoms with van der Waals surface area (Å²) in [5.74, 6) is 0.681. The van der Waals surface area contributed by atoms with E-state index in [4.69, 9.17) is 11.6 Å². The molecule has 106 valence electrons. The lowest BCUT2D eigenvalue weighted by Gasteiger charge is -2.26. The highest BCUT2D eigenvalue weighted by Crippen LogP contribution is 2.29. The Morgan fingerprint density at radius 1 is 1.26 bits per heavy atom. The monoisotopic (exact) mass is 301 g/mol. The zero-order chi connectivity index (χ0) is 13.7. The molecule has 0 saturated heterocycles. The molecule has 2 rings (SSSR count). The Morgan fingerprint density at radius 3 is 2.84 bits per heavy atom. The van der Waals surface area contributed by atoms with Crippen molar-refractivity contribution in [3.8, 4) is 0 Å². The van der Waals surface area contributed by atoms with Gasteiger partial charge in [0, 0.05) is 11.9 Å². The zero-order valence-corrected chi connectivity index (χ0v) is 12.5. The van der Waals surface area contributed by atoms with Crippen molar-refractivity contribution in [1.82, 2.24) is 4.72 Å². The van der Waals surface area contributed by atoms with Crippen molar-refractivity contribution in [2.45, 2.75) is 38.1 Å². The highest BCUT2D eigenvalue weighted by Gasteiger charge is 2.23. The summed E-state index contributed by atoms with van der Waals surface area (Å²) in [4.78, 5) is 0. The van der Waals surface area contributed by atoms with Gasteiger partial charge in [0.1, 0.15) is 0 Å². The Kier molecular flexibility index (Phi) is 5.25. The molecule has 1 unspecified atom stereocenters. The number of hydrogen-bond donors (Lipinski definition) is 1. The Labute approximate surface area is 120 Å². The second-order valence-electron chi connectivity index (χ2n) is 4.98. The molecule has 1 aromatic carbocycles. The number of unbranched alkanes of at least 4 members (excludes halogenated alkanes) is 1. The number of hydrogen-bond acceptors (Lipinski definition) is 2. The van der Waals surface area contributed by atoms with Crippen LogP contribution in [-0.4, -0.2) is 20.1 Å². The van der Waals surface area contributed by atoms with E-state index in [1.165, 1.54) is 5.56 Å². The molecule has 1 aliphatic carbocycles. The number of sulfonamides is 1.